The Morgan fingerprint density at radius 1 is 1.12 bits per heavy atom. The molecular formula is C14H21NO2. The smallest absolute Gasteiger partial charge is 0.161 e. The van der Waals surface area contributed by atoms with Gasteiger partial charge in [0.15, 0.2) is 11.5 Å². The van der Waals surface area contributed by atoms with Crippen molar-refractivity contribution in [1.29, 1.82) is 0 Å². The van der Waals surface area contributed by atoms with Gasteiger partial charge in [0, 0.05) is 6.42 Å². The first-order valence-electron chi connectivity index (χ1n) is 6.46. The molecule has 1 heterocycles. The topological polar surface area (TPSA) is 44.5 Å². The van der Waals surface area contributed by atoms with E-state index in [0.29, 0.717) is 0 Å². The number of fused-ring (bicyclic) bond motifs is 1. The van der Waals surface area contributed by atoms with Gasteiger partial charge in [0.2, 0.25) is 0 Å². The third-order valence-electron chi connectivity index (χ3n) is 3.10. The molecule has 0 unspecified atom stereocenters. The Morgan fingerprint density at radius 2 is 1.76 bits per heavy atom. The Balaban J connectivity index is 2.28. The van der Waals surface area contributed by atoms with Crippen LogP contribution in [0.2, 0.25) is 0 Å². The highest BCUT2D eigenvalue weighted by Crippen LogP contribution is 2.33. The van der Waals surface area contributed by atoms with Crippen LogP contribution in [0.25, 0.3) is 0 Å². The van der Waals surface area contributed by atoms with Gasteiger partial charge in [-0.2, -0.15) is 0 Å². The molecule has 0 saturated heterocycles. The zero-order valence-corrected chi connectivity index (χ0v) is 10.5. The Morgan fingerprint density at radius 3 is 2.35 bits per heavy atom. The van der Waals surface area contributed by atoms with Crippen LogP contribution in [0.1, 0.15) is 30.9 Å². The van der Waals surface area contributed by atoms with E-state index in [1.165, 1.54) is 11.1 Å². The summed E-state index contributed by atoms with van der Waals surface area (Å²) in [6.07, 6.45) is 4.02. The number of benzene rings is 1. The lowest BCUT2D eigenvalue weighted by Gasteiger charge is -2.13. The molecule has 0 radical (unpaired) electrons. The van der Waals surface area contributed by atoms with Crippen LogP contribution in [0, 0.1) is 0 Å². The lowest BCUT2D eigenvalue weighted by molar-refractivity contribution is 0.297. The Bertz CT molecular complexity index is 377. The van der Waals surface area contributed by atoms with Gasteiger partial charge in [0.25, 0.3) is 0 Å². The third kappa shape index (κ3) is 2.91. The van der Waals surface area contributed by atoms with Crippen molar-refractivity contribution in [1.82, 2.24) is 0 Å². The molecule has 0 bridgehead atoms. The molecular weight excluding hydrogens is 214 g/mol. The lowest BCUT2D eigenvalue weighted by atomic mass is 10.00. The second kappa shape index (κ2) is 5.92. The van der Waals surface area contributed by atoms with E-state index in [9.17, 15) is 0 Å². The van der Waals surface area contributed by atoms with Gasteiger partial charge in [-0.25, -0.2) is 0 Å². The molecule has 0 saturated carbocycles. The molecule has 2 rings (SSSR count). The summed E-state index contributed by atoms with van der Waals surface area (Å²) < 4.78 is 11.4. The average molecular weight is 235 g/mol. The van der Waals surface area contributed by atoms with Crippen molar-refractivity contribution in [3.05, 3.63) is 23.3 Å². The van der Waals surface area contributed by atoms with E-state index in [-0.39, 0.29) is 0 Å². The number of aryl methyl sites for hydroxylation is 2. The Hall–Kier alpha value is -1.22. The van der Waals surface area contributed by atoms with Crippen molar-refractivity contribution in [3.8, 4) is 11.5 Å². The molecule has 1 aliphatic rings. The molecule has 0 spiro atoms. The van der Waals surface area contributed by atoms with Crippen LogP contribution in [-0.4, -0.2) is 19.8 Å². The summed E-state index contributed by atoms with van der Waals surface area (Å²) in [6.45, 7) is 4.40. The van der Waals surface area contributed by atoms with Crippen LogP contribution in [0.15, 0.2) is 12.1 Å². The van der Waals surface area contributed by atoms with Gasteiger partial charge in [-0.15, -0.1) is 0 Å². The Labute approximate surface area is 103 Å². The molecule has 0 aromatic heterocycles. The molecule has 1 aromatic carbocycles. The lowest BCUT2D eigenvalue weighted by Crippen LogP contribution is -2.03. The molecule has 0 atom stereocenters. The zero-order chi connectivity index (χ0) is 12.1. The predicted octanol–water partition coefficient (Wildman–Crippen LogP) is 2.30. The normalized spacial score (nSPS) is 14.5. The fourth-order valence-corrected chi connectivity index (χ4v) is 2.15. The number of ether oxygens (including phenoxy) is 2. The van der Waals surface area contributed by atoms with Crippen LogP contribution >= 0.6 is 0 Å². The van der Waals surface area contributed by atoms with Gasteiger partial charge in [-0.3, -0.25) is 0 Å². The predicted molar refractivity (Wildman–Crippen MR) is 68.8 cm³/mol. The van der Waals surface area contributed by atoms with Crippen LogP contribution in [0.5, 0.6) is 11.5 Å². The highest BCUT2D eigenvalue weighted by atomic mass is 16.5. The standard InChI is InChI=1S/C14H21NO2/c1-2-11-9-13-14(17-8-4-7-16-13)10-12(11)5-3-6-15/h9-10H,2-8,15H2,1H3. The minimum absolute atomic E-state index is 0.734. The maximum Gasteiger partial charge on any atom is 0.161 e. The van der Waals surface area contributed by atoms with Crippen molar-refractivity contribution in [2.75, 3.05) is 19.8 Å². The molecule has 0 fully saturated rings. The molecule has 2 N–H and O–H groups in total. The molecule has 0 aliphatic carbocycles. The highest BCUT2D eigenvalue weighted by molar-refractivity contribution is 5.48. The van der Waals surface area contributed by atoms with Crippen LogP contribution in [-0.2, 0) is 12.8 Å². The van der Waals surface area contributed by atoms with E-state index in [4.69, 9.17) is 15.2 Å². The fourth-order valence-electron chi connectivity index (χ4n) is 2.15. The van der Waals surface area contributed by atoms with Gasteiger partial charge in [-0.1, -0.05) is 6.92 Å². The van der Waals surface area contributed by atoms with E-state index in [1.54, 1.807) is 0 Å². The summed E-state index contributed by atoms with van der Waals surface area (Å²) in [4.78, 5) is 0. The van der Waals surface area contributed by atoms with Crippen molar-refractivity contribution in [3.63, 3.8) is 0 Å². The van der Waals surface area contributed by atoms with E-state index in [1.807, 2.05) is 0 Å². The van der Waals surface area contributed by atoms with Crippen molar-refractivity contribution < 1.29 is 9.47 Å². The van der Waals surface area contributed by atoms with Crippen molar-refractivity contribution in [2.24, 2.45) is 5.73 Å². The largest absolute Gasteiger partial charge is 0.490 e. The highest BCUT2D eigenvalue weighted by Gasteiger charge is 2.13. The molecule has 3 nitrogen and oxygen atoms in total. The molecule has 1 aromatic rings. The van der Waals surface area contributed by atoms with E-state index in [0.717, 1.165) is 56.9 Å². The number of rotatable bonds is 4. The number of hydrogen-bond donors (Lipinski definition) is 1. The first-order valence-corrected chi connectivity index (χ1v) is 6.46. The van der Waals surface area contributed by atoms with Gasteiger partial charge in [0.05, 0.1) is 13.2 Å². The summed E-state index contributed by atoms with van der Waals surface area (Å²) >= 11 is 0. The monoisotopic (exact) mass is 235 g/mol. The summed E-state index contributed by atoms with van der Waals surface area (Å²) in [5.41, 5.74) is 8.27. The number of nitrogens with two attached hydrogens (primary N) is 1. The van der Waals surface area contributed by atoms with E-state index < -0.39 is 0 Å². The molecule has 1 aliphatic heterocycles. The van der Waals surface area contributed by atoms with E-state index >= 15 is 0 Å². The zero-order valence-electron chi connectivity index (χ0n) is 10.5. The summed E-state index contributed by atoms with van der Waals surface area (Å²) in [5, 5.41) is 0. The minimum Gasteiger partial charge on any atom is -0.490 e. The van der Waals surface area contributed by atoms with Crippen LogP contribution in [0.4, 0.5) is 0 Å². The maximum absolute atomic E-state index is 5.71. The molecule has 0 amide bonds. The number of hydrogen-bond acceptors (Lipinski definition) is 3. The third-order valence-corrected chi connectivity index (χ3v) is 3.10. The van der Waals surface area contributed by atoms with E-state index in [2.05, 4.69) is 19.1 Å². The fraction of sp³-hybridized carbons (Fsp3) is 0.571. The van der Waals surface area contributed by atoms with Gasteiger partial charge in [-0.05, 0) is 49.1 Å². The second-order valence-corrected chi connectivity index (χ2v) is 4.36. The molecule has 3 heteroatoms. The van der Waals surface area contributed by atoms with Crippen LogP contribution in [0.3, 0.4) is 0 Å². The molecule has 94 valence electrons. The second-order valence-electron chi connectivity index (χ2n) is 4.36. The van der Waals surface area contributed by atoms with Gasteiger partial charge >= 0.3 is 0 Å². The molecule has 17 heavy (non-hydrogen) atoms. The summed E-state index contributed by atoms with van der Waals surface area (Å²) in [6, 6.07) is 4.27. The van der Waals surface area contributed by atoms with Crippen molar-refractivity contribution >= 4 is 0 Å². The van der Waals surface area contributed by atoms with Gasteiger partial charge in [0.1, 0.15) is 0 Å². The van der Waals surface area contributed by atoms with Crippen LogP contribution < -0.4 is 15.2 Å². The average Bonchev–Trinajstić information content (AvgIpc) is 2.59. The SMILES string of the molecule is CCc1cc2c(cc1CCCN)OCCCO2. The van der Waals surface area contributed by atoms with Crippen molar-refractivity contribution in [2.45, 2.75) is 32.6 Å². The Kier molecular flexibility index (Phi) is 4.26. The first kappa shape index (κ1) is 12.2. The first-order chi connectivity index (χ1) is 8.35. The maximum atomic E-state index is 5.71. The quantitative estimate of drug-likeness (QED) is 0.871. The minimum atomic E-state index is 0.734. The summed E-state index contributed by atoms with van der Waals surface area (Å²) in [5.74, 6) is 1.79. The summed E-state index contributed by atoms with van der Waals surface area (Å²) in [7, 11) is 0. The van der Waals surface area contributed by atoms with Gasteiger partial charge < -0.3 is 15.2 Å².